The number of aliphatic carboxylic acids is 1. The fraction of sp³-hybridized carbons (Fsp3) is 0.214. The van der Waals surface area contributed by atoms with Gasteiger partial charge in [0.15, 0.2) is 5.76 Å². The third-order valence-corrected chi connectivity index (χ3v) is 5.70. The van der Waals surface area contributed by atoms with Crippen LogP contribution in [0.4, 0.5) is 0 Å². The number of benzene rings is 3. The molecule has 1 aromatic heterocycles. The van der Waals surface area contributed by atoms with E-state index in [9.17, 15) is 15.0 Å². The molecule has 0 radical (unpaired) electrons. The molecule has 4 rings (SSSR count). The van der Waals surface area contributed by atoms with Crippen LogP contribution in [0.5, 0.6) is 17.2 Å². The summed E-state index contributed by atoms with van der Waals surface area (Å²) in [7, 11) is 0. The lowest BCUT2D eigenvalue weighted by Crippen LogP contribution is -2.15. The van der Waals surface area contributed by atoms with E-state index in [2.05, 4.69) is 5.16 Å². The molecule has 0 fully saturated rings. The number of aromatic nitrogens is 1. The van der Waals surface area contributed by atoms with Crippen molar-refractivity contribution in [2.75, 3.05) is 0 Å². The maximum absolute atomic E-state index is 11.3. The van der Waals surface area contributed by atoms with E-state index in [1.165, 1.54) is 6.07 Å². The fourth-order valence-corrected chi connectivity index (χ4v) is 3.62. The van der Waals surface area contributed by atoms with E-state index in [-0.39, 0.29) is 18.8 Å². The van der Waals surface area contributed by atoms with Crippen LogP contribution in [0.3, 0.4) is 0 Å². The van der Waals surface area contributed by atoms with Crippen molar-refractivity contribution in [3.63, 3.8) is 0 Å². The molecule has 7 heteroatoms. The number of hydrogen-bond donors (Lipinski definition) is 2. The van der Waals surface area contributed by atoms with Crippen molar-refractivity contribution in [3.8, 4) is 28.5 Å². The Labute approximate surface area is 203 Å². The number of carboxylic acid groups (broad SMARTS) is 1. The molecular formula is C28H27NO6. The van der Waals surface area contributed by atoms with Gasteiger partial charge in [-0.05, 0) is 66.4 Å². The van der Waals surface area contributed by atoms with Gasteiger partial charge in [0.1, 0.15) is 36.2 Å². The molecule has 4 aromatic rings. The number of ether oxygens (including phenoxy) is 2. The number of hydrogen-bond acceptors (Lipinski definition) is 6. The summed E-state index contributed by atoms with van der Waals surface area (Å²) in [6, 6.07) is 24.2. The van der Waals surface area contributed by atoms with Crippen LogP contribution in [0.2, 0.25) is 0 Å². The zero-order valence-corrected chi connectivity index (χ0v) is 19.4. The Morgan fingerprint density at radius 1 is 0.943 bits per heavy atom. The van der Waals surface area contributed by atoms with E-state index in [1.54, 1.807) is 18.2 Å². The van der Waals surface area contributed by atoms with E-state index < -0.39 is 11.9 Å². The Kier molecular flexibility index (Phi) is 7.67. The van der Waals surface area contributed by atoms with Crippen LogP contribution in [-0.2, 0) is 24.4 Å². The van der Waals surface area contributed by atoms with Crippen molar-refractivity contribution < 1.29 is 29.0 Å². The van der Waals surface area contributed by atoms with Crippen LogP contribution < -0.4 is 9.47 Å². The third-order valence-electron chi connectivity index (χ3n) is 5.70. The monoisotopic (exact) mass is 473 g/mol. The van der Waals surface area contributed by atoms with Crippen molar-refractivity contribution in [1.82, 2.24) is 5.16 Å². The van der Waals surface area contributed by atoms with Crippen molar-refractivity contribution in [3.05, 3.63) is 95.7 Å². The largest absolute Gasteiger partial charge is 0.508 e. The number of aromatic hydroxyl groups is 1. The summed E-state index contributed by atoms with van der Waals surface area (Å²) >= 11 is 0. The predicted molar refractivity (Wildman–Crippen MR) is 130 cm³/mol. The van der Waals surface area contributed by atoms with Crippen LogP contribution in [0, 0.1) is 5.92 Å². The summed E-state index contributed by atoms with van der Waals surface area (Å²) in [5, 5.41) is 23.5. The average molecular weight is 474 g/mol. The molecule has 1 heterocycles. The first-order chi connectivity index (χ1) is 17.0. The highest BCUT2D eigenvalue weighted by molar-refractivity contribution is 5.70. The lowest BCUT2D eigenvalue weighted by atomic mass is 9.96. The zero-order chi connectivity index (χ0) is 24.6. The van der Waals surface area contributed by atoms with Gasteiger partial charge in [-0.2, -0.15) is 0 Å². The summed E-state index contributed by atoms with van der Waals surface area (Å²) in [5.74, 6) is 0.411. The molecule has 0 spiro atoms. The zero-order valence-electron chi connectivity index (χ0n) is 19.4. The van der Waals surface area contributed by atoms with Crippen molar-refractivity contribution in [1.29, 1.82) is 0 Å². The first-order valence-corrected chi connectivity index (χ1v) is 11.4. The van der Waals surface area contributed by atoms with Gasteiger partial charge in [-0.1, -0.05) is 42.4 Å². The normalized spacial score (nSPS) is 11.7. The topological polar surface area (TPSA) is 102 Å². The van der Waals surface area contributed by atoms with E-state index >= 15 is 0 Å². The molecule has 0 aliphatic carbocycles. The SMILES string of the molecule is CCC(Cc1cc(OCc2cc(-c3ccc(OCc4ccccc4)cc3)no2)ccc1O)C(=O)O. The van der Waals surface area contributed by atoms with Crippen LogP contribution in [-0.4, -0.2) is 21.3 Å². The van der Waals surface area contributed by atoms with Gasteiger partial charge in [0.25, 0.3) is 0 Å². The molecule has 2 N–H and O–H groups in total. The first kappa shape index (κ1) is 23.9. The van der Waals surface area contributed by atoms with Crippen LogP contribution in [0.25, 0.3) is 11.3 Å². The minimum absolute atomic E-state index is 0.0511. The standard InChI is InChI=1S/C28H27NO6/c1-2-20(28(31)32)14-22-15-24(12-13-27(22)30)34-18-25-16-26(29-35-25)21-8-10-23(11-9-21)33-17-19-6-4-3-5-7-19/h3-13,15-16,20,30H,2,14,17-18H2,1H3,(H,31,32). The Morgan fingerprint density at radius 3 is 2.37 bits per heavy atom. The second kappa shape index (κ2) is 11.2. The lowest BCUT2D eigenvalue weighted by Gasteiger charge is -2.12. The van der Waals surface area contributed by atoms with Crippen molar-refractivity contribution in [2.45, 2.75) is 33.0 Å². The smallest absolute Gasteiger partial charge is 0.306 e. The number of phenols is 1. The second-order valence-corrected chi connectivity index (χ2v) is 8.20. The number of phenolic OH excluding ortho intramolecular Hbond substituents is 1. The molecule has 0 aliphatic rings. The van der Waals surface area contributed by atoms with E-state index in [1.807, 2.05) is 61.5 Å². The highest BCUT2D eigenvalue weighted by Crippen LogP contribution is 2.28. The van der Waals surface area contributed by atoms with Gasteiger partial charge < -0.3 is 24.2 Å². The minimum atomic E-state index is -0.886. The molecular weight excluding hydrogens is 446 g/mol. The van der Waals surface area contributed by atoms with Gasteiger partial charge in [-0.15, -0.1) is 0 Å². The second-order valence-electron chi connectivity index (χ2n) is 8.20. The van der Waals surface area contributed by atoms with Crippen LogP contribution in [0.15, 0.2) is 83.4 Å². The summed E-state index contributed by atoms with van der Waals surface area (Å²) < 4.78 is 17.0. The molecule has 0 aliphatic heterocycles. The highest BCUT2D eigenvalue weighted by atomic mass is 16.5. The van der Waals surface area contributed by atoms with Gasteiger partial charge in [0.2, 0.25) is 0 Å². The minimum Gasteiger partial charge on any atom is -0.508 e. The van der Waals surface area contributed by atoms with E-state index in [0.717, 1.165) is 16.9 Å². The summed E-state index contributed by atoms with van der Waals surface area (Å²) in [4.78, 5) is 11.3. The Hall–Kier alpha value is -4.26. The molecule has 0 amide bonds. The predicted octanol–water partition coefficient (Wildman–Crippen LogP) is 5.86. The average Bonchev–Trinajstić information content (AvgIpc) is 3.36. The molecule has 3 aromatic carbocycles. The summed E-state index contributed by atoms with van der Waals surface area (Å²) in [6.07, 6.45) is 0.702. The molecule has 0 saturated heterocycles. The molecule has 7 nitrogen and oxygen atoms in total. The van der Waals surface area contributed by atoms with Crippen molar-refractivity contribution in [2.24, 2.45) is 5.92 Å². The van der Waals surface area contributed by atoms with Gasteiger partial charge in [0, 0.05) is 11.6 Å². The number of carboxylic acids is 1. The lowest BCUT2D eigenvalue weighted by molar-refractivity contribution is -0.141. The molecule has 1 unspecified atom stereocenters. The highest BCUT2D eigenvalue weighted by Gasteiger charge is 2.18. The first-order valence-electron chi connectivity index (χ1n) is 11.4. The maximum Gasteiger partial charge on any atom is 0.306 e. The molecule has 35 heavy (non-hydrogen) atoms. The van der Waals surface area contributed by atoms with Crippen LogP contribution >= 0.6 is 0 Å². The molecule has 0 saturated carbocycles. The number of carbonyl (C=O) groups is 1. The molecule has 1 atom stereocenters. The Balaban J connectivity index is 1.34. The Morgan fingerprint density at radius 2 is 1.66 bits per heavy atom. The van der Waals surface area contributed by atoms with Gasteiger partial charge in [-0.25, -0.2) is 0 Å². The van der Waals surface area contributed by atoms with Gasteiger partial charge in [-0.3, -0.25) is 4.79 Å². The third kappa shape index (κ3) is 6.41. The van der Waals surface area contributed by atoms with Gasteiger partial charge >= 0.3 is 5.97 Å². The number of nitrogens with zero attached hydrogens (tertiary/aromatic N) is 1. The maximum atomic E-state index is 11.3. The van der Waals surface area contributed by atoms with E-state index in [4.69, 9.17) is 14.0 Å². The molecule has 180 valence electrons. The van der Waals surface area contributed by atoms with Gasteiger partial charge in [0.05, 0.1) is 5.92 Å². The molecule has 0 bridgehead atoms. The fourth-order valence-electron chi connectivity index (χ4n) is 3.62. The number of rotatable bonds is 11. The summed E-state index contributed by atoms with van der Waals surface area (Å²) in [5.41, 5.74) is 3.20. The van der Waals surface area contributed by atoms with Crippen molar-refractivity contribution >= 4 is 5.97 Å². The van der Waals surface area contributed by atoms with E-state index in [0.29, 0.717) is 35.8 Å². The van der Waals surface area contributed by atoms with Crippen LogP contribution in [0.1, 0.15) is 30.2 Å². The quantitative estimate of drug-likeness (QED) is 0.281. The summed E-state index contributed by atoms with van der Waals surface area (Å²) in [6.45, 7) is 2.45. The Bertz CT molecular complexity index is 1250.